The molecule has 0 aliphatic carbocycles. The van der Waals surface area contributed by atoms with E-state index in [1.807, 2.05) is 0 Å². The van der Waals surface area contributed by atoms with Crippen LogP contribution in [0.1, 0.15) is 12.5 Å². The van der Waals surface area contributed by atoms with Crippen molar-refractivity contribution >= 4 is 25.7 Å². The summed E-state index contributed by atoms with van der Waals surface area (Å²) in [6, 6.07) is 10.8. The van der Waals surface area contributed by atoms with Crippen molar-refractivity contribution < 1.29 is 16.8 Å². The Hall–Kier alpha value is -2.83. The highest BCUT2D eigenvalue weighted by atomic mass is 32.2. The summed E-state index contributed by atoms with van der Waals surface area (Å²) in [5, 5.41) is 10.9. The van der Waals surface area contributed by atoms with Gasteiger partial charge >= 0.3 is 0 Å². The molecule has 0 spiro atoms. The van der Waals surface area contributed by atoms with Crippen LogP contribution in [0.15, 0.2) is 58.6 Å². The zero-order chi connectivity index (χ0) is 20.6. The van der Waals surface area contributed by atoms with E-state index in [1.165, 1.54) is 39.6 Å². The van der Waals surface area contributed by atoms with Crippen LogP contribution < -0.4 is 9.03 Å². The van der Waals surface area contributed by atoms with Gasteiger partial charge in [0, 0.05) is 13.1 Å². The first-order valence-electron chi connectivity index (χ1n) is 8.82. The number of anilines is 1. The predicted molar refractivity (Wildman–Crippen MR) is 105 cm³/mol. The molecule has 0 amide bonds. The molecule has 3 aromatic rings. The van der Waals surface area contributed by atoms with E-state index in [4.69, 9.17) is 0 Å². The zero-order valence-corrected chi connectivity index (χ0v) is 17.1. The molecule has 10 nitrogen and oxygen atoms in total. The monoisotopic (exact) mass is 434 g/mol. The van der Waals surface area contributed by atoms with E-state index in [0.717, 1.165) is 5.56 Å². The molecule has 1 N–H and O–H groups in total. The summed E-state index contributed by atoms with van der Waals surface area (Å²) in [6.45, 7) is 2.15. The number of sulfonamides is 2. The lowest BCUT2D eigenvalue weighted by atomic mass is 10.2. The van der Waals surface area contributed by atoms with Crippen LogP contribution in [0.25, 0.3) is 5.69 Å². The van der Waals surface area contributed by atoms with E-state index < -0.39 is 20.0 Å². The molecule has 1 aromatic heterocycles. The summed E-state index contributed by atoms with van der Waals surface area (Å²) in [7, 11) is -7.60. The zero-order valence-electron chi connectivity index (χ0n) is 15.4. The topological polar surface area (TPSA) is 127 Å². The highest BCUT2D eigenvalue weighted by Crippen LogP contribution is 2.35. The standard InChI is InChI=1S/C17H18N6O4S2/c1-2-19-28(24,25)15-7-6-13-8-9-23(17(13)11-15)29(26,27)16-5-3-4-14(10-16)22-12-18-20-21-22/h3-7,10-12,19H,2,8-9H2,1H3. The van der Waals surface area contributed by atoms with Crippen molar-refractivity contribution in [1.29, 1.82) is 0 Å². The van der Waals surface area contributed by atoms with Crippen LogP contribution in [-0.2, 0) is 26.5 Å². The van der Waals surface area contributed by atoms with E-state index in [2.05, 4.69) is 20.2 Å². The van der Waals surface area contributed by atoms with Crippen molar-refractivity contribution in [3.8, 4) is 5.69 Å². The quantitative estimate of drug-likeness (QED) is 0.605. The minimum Gasteiger partial charge on any atom is -0.266 e. The van der Waals surface area contributed by atoms with Crippen molar-refractivity contribution in [2.24, 2.45) is 0 Å². The molecule has 2 heterocycles. The van der Waals surface area contributed by atoms with Crippen LogP contribution in [0.2, 0.25) is 0 Å². The molecule has 0 unspecified atom stereocenters. The largest absolute Gasteiger partial charge is 0.266 e. The molecule has 1 aliphatic rings. The molecule has 0 fully saturated rings. The summed E-state index contributed by atoms with van der Waals surface area (Å²) in [5.74, 6) is 0. The summed E-state index contributed by atoms with van der Waals surface area (Å²) in [6.07, 6.45) is 1.87. The highest BCUT2D eigenvalue weighted by Gasteiger charge is 2.32. The maximum atomic E-state index is 13.3. The number of aromatic nitrogens is 4. The Labute approximate surface area is 168 Å². The second kappa shape index (κ2) is 7.21. The van der Waals surface area contributed by atoms with Gasteiger partial charge in [0.1, 0.15) is 6.33 Å². The molecule has 152 valence electrons. The van der Waals surface area contributed by atoms with E-state index in [-0.39, 0.29) is 22.9 Å². The first-order valence-corrected chi connectivity index (χ1v) is 11.7. The van der Waals surface area contributed by atoms with Crippen molar-refractivity contribution in [2.45, 2.75) is 23.1 Å². The average molecular weight is 435 g/mol. The van der Waals surface area contributed by atoms with Crippen molar-refractivity contribution in [1.82, 2.24) is 24.9 Å². The molecular formula is C17H18N6O4S2. The molecule has 0 radical (unpaired) electrons. The number of tetrazole rings is 1. The summed E-state index contributed by atoms with van der Waals surface area (Å²) < 4.78 is 56.3. The van der Waals surface area contributed by atoms with Gasteiger partial charge in [0.2, 0.25) is 10.0 Å². The predicted octanol–water partition coefficient (Wildman–Crippen LogP) is 0.712. The van der Waals surface area contributed by atoms with Gasteiger partial charge in [0.05, 0.1) is 21.2 Å². The van der Waals surface area contributed by atoms with Gasteiger partial charge in [-0.2, -0.15) is 0 Å². The lowest BCUT2D eigenvalue weighted by Crippen LogP contribution is -2.29. The van der Waals surface area contributed by atoms with Crippen LogP contribution in [0.4, 0.5) is 5.69 Å². The number of fused-ring (bicyclic) bond motifs is 1. The molecule has 0 saturated carbocycles. The van der Waals surface area contributed by atoms with Gasteiger partial charge in [-0.05, 0) is 52.7 Å². The molecule has 0 atom stereocenters. The molecule has 2 aromatic carbocycles. The fourth-order valence-electron chi connectivity index (χ4n) is 3.21. The van der Waals surface area contributed by atoms with Gasteiger partial charge in [0.15, 0.2) is 0 Å². The normalized spacial score (nSPS) is 14.2. The van der Waals surface area contributed by atoms with Crippen LogP contribution in [0.5, 0.6) is 0 Å². The third kappa shape index (κ3) is 3.50. The third-order valence-electron chi connectivity index (χ3n) is 4.57. The Morgan fingerprint density at radius 2 is 1.90 bits per heavy atom. The molecule has 29 heavy (non-hydrogen) atoms. The minimum absolute atomic E-state index is 0.0302. The maximum absolute atomic E-state index is 13.3. The number of hydrogen-bond acceptors (Lipinski definition) is 7. The molecular weight excluding hydrogens is 416 g/mol. The number of hydrogen-bond donors (Lipinski definition) is 1. The third-order valence-corrected chi connectivity index (χ3v) is 7.93. The van der Waals surface area contributed by atoms with E-state index >= 15 is 0 Å². The van der Waals surface area contributed by atoms with Crippen LogP contribution in [0, 0.1) is 0 Å². The Balaban J connectivity index is 1.75. The fourth-order valence-corrected chi connectivity index (χ4v) is 5.81. The SMILES string of the molecule is CCNS(=O)(=O)c1ccc2c(c1)N(S(=O)(=O)c1cccc(-n3cnnn3)c1)CC2. The first-order chi connectivity index (χ1) is 13.8. The van der Waals surface area contributed by atoms with Crippen molar-refractivity contribution in [2.75, 3.05) is 17.4 Å². The Kier molecular flexibility index (Phi) is 4.84. The van der Waals surface area contributed by atoms with Crippen molar-refractivity contribution in [3.63, 3.8) is 0 Å². The number of rotatable bonds is 6. The second-order valence-corrected chi connectivity index (χ2v) is 10.0. The number of benzene rings is 2. The fraction of sp³-hybridized carbons (Fsp3) is 0.235. The van der Waals surface area contributed by atoms with Gasteiger partial charge in [-0.25, -0.2) is 26.2 Å². The lowest BCUT2D eigenvalue weighted by Gasteiger charge is -2.20. The van der Waals surface area contributed by atoms with Gasteiger partial charge in [0.25, 0.3) is 10.0 Å². The van der Waals surface area contributed by atoms with Gasteiger partial charge in [-0.15, -0.1) is 5.10 Å². The summed E-state index contributed by atoms with van der Waals surface area (Å²) in [5.41, 5.74) is 1.65. The van der Waals surface area contributed by atoms with E-state index in [9.17, 15) is 16.8 Å². The molecule has 1 aliphatic heterocycles. The molecule has 4 rings (SSSR count). The van der Waals surface area contributed by atoms with Crippen LogP contribution in [-0.4, -0.2) is 50.1 Å². The summed E-state index contributed by atoms with van der Waals surface area (Å²) in [4.78, 5) is 0.0981. The summed E-state index contributed by atoms with van der Waals surface area (Å²) >= 11 is 0. The van der Waals surface area contributed by atoms with Gasteiger partial charge in [-0.1, -0.05) is 19.1 Å². The van der Waals surface area contributed by atoms with Gasteiger partial charge < -0.3 is 0 Å². The van der Waals surface area contributed by atoms with Crippen LogP contribution in [0.3, 0.4) is 0 Å². The Bertz CT molecular complexity index is 1260. The maximum Gasteiger partial charge on any atom is 0.264 e. The number of nitrogens with zero attached hydrogens (tertiary/aromatic N) is 5. The van der Waals surface area contributed by atoms with E-state index in [0.29, 0.717) is 17.8 Å². The molecule has 0 bridgehead atoms. The van der Waals surface area contributed by atoms with E-state index in [1.54, 1.807) is 25.1 Å². The van der Waals surface area contributed by atoms with Gasteiger partial charge in [-0.3, -0.25) is 4.31 Å². The number of nitrogens with one attached hydrogen (secondary N) is 1. The molecule has 12 heteroatoms. The second-order valence-electron chi connectivity index (χ2n) is 6.37. The first kappa shape index (κ1) is 19.5. The lowest BCUT2D eigenvalue weighted by molar-refractivity contribution is 0.583. The molecule has 0 saturated heterocycles. The smallest absolute Gasteiger partial charge is 0.264 e. The van der Waals surface area contributed by atoms with Crippen molar-refractivity contribution in [3.05, 3.63) is 54.4 Å². The average Bonchev–Trinajstić information content (AvgIpc) is 3.37. The highest BCUT2D eigenvalue weighted by molar-refractivity contribution is 7.93. The Morgan fingerprint density at radius 3 is 2.62 bits per heavy atom. The minimum atomic E-state index is -3.90. The Morgan fingerprint density at radius 1 is 1.07 bits per heavy atom. The van der Waals surface area contributed by atoms with Crippen LogP contribution >= 0.6 is 0 Å².